The van der Waals surface area contributed by atoms with E-state index in [4.69, 9.17) is 16.0 Å². The molecule has 2 aromatic heterocycles. The van der Waals surface area contributed by atoms with Gasteiger partial charge in [0.05, 0.1) is 4.34 Å². The maximum atomic E-state index is 12.6. The number of rotatable bonds is 3. The second-order valence-electron chi connectivity index (χ2n) is 5.90. The van der Waals surface area contributed by atoms with Crippen LogP contribution in [0.1, 0.15) is 10.6 Å². The predicted octanol–water partition coefficient (Wildman–Crippen LogP) is 3.29. The Hall–Kier alpha value is -1.87. The number of carbonyl (C=O) groups is 1. The van der Waals surface area contributed by atoms with Crippen molar-refractivity contribution in [3.8, 4) is 0 Å². The zero-order valence-corrected chi connectivity index (χ0v) is 16.0. The van der Waals surface area contributed by atoms with Crippen molar-refractivity contribution in [1.29, 1.82) is 0 Å². The predicted molar refractivity (Wildman–Crippen MR) is 100 cm³/mol. The number of halogens is 1. The van der Waals surface area contributed by atoms with Gasteiger partial charge in [0, 0.05) is 31.6 Å². The van der Waals surface area contributed by atoms with Gasteiger partial charge in [0.15, 0.2) is 5.76 Å². The quantitative estimate of drug-likeness (QED) is 0.664. The monoisotopic (exact) mass is 410 g/mol. The molecular weight excluding hydrogens is 396 g/mol. The summed E-state index contributed by atoms with van der Waals surface area (Å²) >= 11 is 6.88. The minimum atomic E-state index is -3.57. The SMILES string of the molecule is O=C(c1cc2ccccc2o1)N1CCN(S(=O)(=O)c2ccc(Cl)s2)CC1. The molecule has 0 aliphatic carbocycles. The van der Waals surface area contributed by atoms with Crippen molar-refractivity contribution in [2.75, 3.05) is 26.2 Å². The zero-order chi connectivity index (χ0) is 18.3. The molecular formula is C17H15ClN2O4S2. The van der Waals surface area contributed by atoms with Gasteiger partial charge in [-0.05, 0) is 24.3 Å². The summed E-state index contributed by atoms with van der Waals surface area (Å²) in [7, 11) is -3.57. The lowest BCUT2D eigenvalue weighted by molar-refractivity contribution is 0.0668. The van der Waals surface area contributed by atoms with Gasteiger partial charge < -0.3 is 9.32 Å². The van der Waals surface area contributed by atoms with E-state index in [2.05, 4.69) is 0 Å². The van der Waals surface area contributed by atoms with Gasteiger partial charge in [0.25, 0.3) is 15.9 Å². The molecule has 0 unspecified atom stereocenters. The summed E-state index contributed by atoms with van der Waals surface area (Å²) in [5, 5.41) is 0.867. The first-order chi connectivity index (χ1) is 12.4. The Kier molecular flexibility index (Phi) is 4.52. The number of benzene rings is 1. The van der Waals surface area contributed by atoms with Gasteiger partial charge in [-0.2, -0.15) is 4.31 Å². The van der Waals surface area contributed by atoms with Crippen LogP contribution in [0.2, 0.25) is 4.34 Å². The Morgan fingerprint density at radius 1 is 1.08 bits per heavy atom. The summed E-state index contributed by atoms with van der Waals surface area (Å²) in [6.45, 7) is 1.11. The number of carbonyl (C=O) groups excluding carboxylic acids is 1. The van der Waals surface area contributed by atoms with Crippen molar-refractivity contribution in [3.05, 3.63) is 52.6 Å². The topological polar surface area (TPSA) is 70.8 Å². The highest BCUT2D eigenvalue weighted by molar-refractivity contribution is 7.91. The van der Waals surface area contributed by atoms with Crippen LogP contribution in [0.25, 0.3) is 11.0 Å². The minimum absolute atomic E-state index is 0.222. The Labute approximate surface area is 159 Å². The van der Waals surface area contributed by atoms with Crippen LogP contribution in [-0.2, 0) is 10.0 Å². The first kappa shape index (κ1) is 17.5. The van der Waals surface area contributed by atoms with E-state index in [-0.39, 0.29) is 29.0 Å². The van der Waals surface area contributed by atoms with Crippen LogP contribution in [0.4, 0.5) is 0 Å². The summed E-state index contributed by atoms with van der Waals surface area (Å²) in [4.78, 5) is 14.3. The highest BCUT2D eigenvalue weighted by Gasteiger charge is 2.32. The van der Waals surface area contributed by atoms with E-state index in [9.17, 15) is 13.2 Å². The molecule has 1 fully saturated rings. The number of hydrogen-bond donors (Lipinski definition) is 0. The molecule has 1 amide bonds. The number of fused-ring (bicyclic) bond motifs is 1. The molecule has 6 nitrogen and oxygen atoms in total. The molecule has 0 spiro atoms. The molecule has 1 saturated heterocycles. The normalized spacial score (nSPS) is 16.3. The largest absolute Gasteiger partial charge is 0.451 e. The average Bonchev–Trinajstić information content (AvgIpc) is 3.27. The van der Waals surface area contributed by atoms with Crippen LogP contribution < -0.4 is 0 Å². The first-order valence-corrected chi connectivity index (χ1v) is 10.6. The molecule has 136 valence electrons. The molecule has 0 N–H and O–H groups in total. The number of thiophene rings is 1. The van der Waals surface area contributed by atoms with E-state index in [0.717, 1.165) is 16.7 Å². The van der Waals surface area contributed by atoms with Gasteiger partial charge in [-0.25, -0.2) is 8.42 Å². The lowest BCUT2D eigenvalue weighted by Crippen LogP contribution is -2.50. The van der Waals surface area contributed by atoms with Crippen molar-refractivity contribution in [2.45, 2.75) is 4.21 Å². The van der Waals surface area contributed by atoms with Gasteiger partial charge in [-0.3, -0.25) is 4.79 Å². The highest BCUT2D eigenvalue weighted by atomic mass is 35.5. The van der Waals surface area contributed by atoms with Crippen molar-refractivity contribution < 1.29 is 17.6 Å². The number of hydrogen-bond acceptors (Lipinski definition) is 5. The zero-order valence-electron chi connectivity index (χ0n) is 13.6. The summed E-state index contributed by atoms with van der Waals surface area (Å²) in [5.74, 6) is 0.0463. The van der Waals surface area contributed by atoms with Crippen LogP contribution in [0.3, 0.4) is 0 Å². The molecule has 3 aromatic rings. The third-order valence-corrected chi connectivity index (χ3v) is 7.90. The second-order valence-corrected chi connectivity index (χ2v) is 9.78. The van der Waals surface area contributed by atoms with Crippen molar-refractivity contribution in [3.63, 3.8) is 0 Å². The Morgan fingerprint density at radius 2 is 1.81 bits per heavy atom. The molecule has 26 heavy (non-hydrogen) atoms. The molecule has 0 radical (unpaired) electrons. The molecule has 9 heteroatoms. The standard InChI is InChI=1S/C17H15ClN2O4S2/c18-15-5-6-16(25-15)26(22,23)20-9-7-19(8-10-20)17(21)14-11-12-3-1-2-4-13(12)24-14/h1-6,11H,7-10H2. The molecule has 0 saturated carbocycles. The van der Waals surface area contributed by atoms with Crippen molar-refractivity contribution >= 4 is 49.8 Å². The van der Waals surface area contributed by atoms with Gasteiger partial charge in [0.1, 0.15) is 9.79 Å². The summed E-state index contributed by atoms with van der Waals surface area (Å²) in [5.41, 5.74) is 0.659. The fourth-order valence-electron chi connectivity index (χ4n) is 2.94. The minimum Gasteiger partial charge on any atom is -0.451 e. The van der Waals surface area contributed by atoms with E-state index in [1.54, 1.807) is 17.0 Å². The number of nitrogens with zero attached hydrogens (tertiary/aromatic N) is 2. The first-order valence-electron chi connectivity index (χ1n) is 7.98. The fraction of sp³-hybridized carbons (Fsp3) is 0.235. The van der Waals surface area contributed by atoms with Crippen LogP contribution in [0.5, 0.6) is 0 Å². The van der Waals surface area contributed by atoms with Gasteiger partial charge in [-0.1, -0.05) is 29.8 Å². The van der Waals surface area contributed by atoms with E-state index < -0.39 is 10.0 Å². The number of amides is 1. The number of para-hydroxylation sites is 1. The second kappa shape index (κ2) is 6.70. The lowest BCUT2D eigenvalue weighted by Gasteiger charge is -2.33. The maximum absolute atomic E-state index is 12.6. The summed E-state index contributed by atoms with van der Waals surface area (Å²) in [6.07, 6.45) is 0. The van der Waals surface area contributed by atoms with Crippen LogP contribution >= 0.6 is 22.9 Å². The average molecular weight is 411 g/mol. The van der Waals surface area contributed by atoms with E-state index in [0.29, 0.717) is 23.0 Å². The van der Waals surface area contributed by atoms with E-state index >= 15 is 0 Å². The Bertz CT molecular complexity index is 1030. The van der Waals surface area contributed by atoms with Gasteiger partial charge in [-0.15, -0.1) is 11.3 Å². The molecule has 1 aliphatic heterocycles. The molecule has 3 heterocycles. The molecule has 4 rings (SSSR count). The summed E-state index contributed by atoms with van der Waals surface area (Å²) < 4.78 is 32.9. The van der Waals surface area contributed by atoms with E-state index in [1.807, 2.05) is 24.3 Å². The molecule has 0 bridgehead atoms. The number of sulfonamides is 1. The third kappa shape index (κ3) is 3.14. The Morgan fingerprint density at radius 3 is 2.46 bits per heavy atom. The van der Waals surface area contributed by atoms with Gasteiger partial charge >= 0.3 is 0 Å². The van der Waals surface area contributed by atoms with Crippen LogP contribution in [0, 0.1) is 0 Å². The number of furan rings is 1. The molecule has 0 atom stereocenters. The van der Waals surface area contributed by atoms with Crippen LogP contribution in [-0.4, -0.2) is 49.7 Å². The van der Waals surface area contributed by atoms with Crippen molar-refractivity contribution in [2.24, 2.45) is 0 Å². The smallest absolute Gasteiger partial charge is 0.289 e. The maximum Gasteiger partial charge on any atom is 0.289 e. The fourth-order valence-corrected chi connectivity index (χ4v) is 6.00. The summed E-state index contributed by atoms with van der Waals surface area (Å²) in [6, 6.07) is 12.2. The highest BCUT2D eigenvalue weighted by Crippen LogP contribution is 2.29. The van der Waals surface area contributed by atoms with Gasteiger partial charge in [0.2, 0.25) is 0 Å². The van der Waals surface area contributed by atoms with Crippen molar-refractivity contribution in [1.82, 2.24) is 9.21 Å². The number of piperazine rings is 1. The van der Waals surface area contributed by atoms with E-state index in [1.165, 1.54) is 10.4 Å². The van der Waals surface area contributed by atoms with Crippen LogP contribution in [0.15, 0.2) is 51.1 Å². The molecule has 1 aliphatic rings. The molecule has 1 aromatic carbocycles. The lowest BCUT2D eigenvalue weighted by atomic mass is 10.2. The third-order valence-electron chi connectivity index (χ3n) is 4.30. The Balaban J connectivity index is 1.47.